The van der Waals surface area contributed by atoms with Crippen LogP contribution in [0, 0.1) is 18.3 Å². The summed E-state index contributed by atoms with van der Waals surface area (Å²) in [5.74, 6) is -0.342. The first-order valence-electron chi connectivity index (χ1n) is 7.10. The normalized spacial score (nSPS) is 21.1. The lowest BCUT2D eigenvalue weighted by Crippen LogP contribution is -2.54. The summed E-state index contributed by atoms with van der Waals surface area (Å²) in [5.41, 5.74) is 0.980. The molecule has 0 saturated carbocycles. The van der Waals surface area contributed by atoms with E-state index in [4.69, 9.17) is 21.6 Å². The van der Waals surface area contributed by atoms with Gasteiger partial charge in [-0.25, -0.2) is 0 Å². The van der Waals surface area contributed by atoms with Crippen molar-refractivity contribution in [2.24, 2.45) is 0 Å². The molecule has 22 heavy (non-hydrogen) atoms. The molecule has 0 spiro atoms. The molecule has 6 nitrogen and oxygen atoms in total. The second kappa shape index (κ2) is 7.45. The minimum atomic E-state index is -0.342. The van der Waals surface area contributed by atoms with Gasteiger partial charge in [-0.05, 0) is 19.9 Å². The minimum absolute atomic E-state index is 0.123. The molecule has 1 aromatic heterocycles. The molecule has 118 valence electrons. The maximum Gasteiger partial charge on any atom is 0.269 e. The van der Waals surface area contributed by atoms with Crippen molar-refractivity contribution < 1.29 is 9.53 Å². The van der Waals surface area contributed by atoms with Crippen LogP contribution >= 0.6 is 11.6 Å². The molecule has 2 heterocycles. The summed E-state index contributed by atoms with van der Waals surface area (Å²) in [4.78, 5) is 15.3. The fraction of sp³-hybridized carbons (Fsp3) is 0.467. The number of H-pyrrole nitrogens is 1. The van der Waals surface area contributed by atoms with E-state index in [1.54, 1.807) is 13.0 Å². The van der Waals surface area contributed by atoms with Crippen molar-refractivity contribution in [3.05, 3.63) is 34.6 Å². The number of aromatic amines is 1. The molecule has 1 saturated heterocycles. The van der Waals surface area contributed by atoms with Gasteiger partial charge < -0.3 is 20.4 Å². The van der Waals surface area contributed by atoms with Gasteiger partial charge in [0.1, 0.15) is 17.3 Å². The van der Waals surface area contributed by atoms with E-state index in [-0.39, 0.29) is 34.3 Å². The second-order valence-electron chi connectivity index (χ2n) is 5.16. The van der Waals surface area contributed by atoms with Gasteiger partial charge in [-0.15, -0.1) is 6.58 Å². The Morgan fingerprint density at radius 1 is 1.68 bits per heavy atom. The summed E-state index contributed by atoms with van der Waals surface area (Å²) in [6, 6.07) is 1.84. The third-order valence-electron chi connectivity index (χ3n) is 3.62. The molecule has 2 rings (SSSR count). The quantitative estimate of drug-likeness (QED) is 0.717. The highest BCUT2D eigenvalue weighted by atomic mass is 35.5. The van der Waals surface area contributed by atoms with Crippen molar-refractivity contribution >= 4 is 17.5 Å². The summed E-state index contributed by atoms with van der Waals surface area (Å²) in [5, 5.41) is 15.6. The average molecular weight is 323 g/mol. The number of aryl methyl sites for hydroxylation is 1. The van der Waals surface area contributed by atoms with Crippen LogP contribution in [-0.2, 0) is 4.74 Å². The van der Waals surface area contributed by atoms with Crippen LogP contribution in [-0.4, -0.2) is 42.7 Å². The van der Waals surface area contributed by atoms with E-state index in [1.807, 2.05) is 6.07 Å². The number of nitriles is 1. The van der Waals surface area contributed by atoms with Crippen LogP contribution in [0.5, 0.6) is 0 Å². The second-order valence-corrected chi connectivity index (χ2v) is 5.54. The number of nitrogens with one attached hydrogen (secondary N) is 3. The van der Waals surface area contributed by atoms with Gasteiger partial charge in [-0.3, -0.25) is 4.79 Å². The fourth-order valence-electron chi connectivity index (χ4n) is 2.48. The van der Waals surface area contributed by atoms with Crippen LogP contribution in [0.15, 0.2) is 12.7 Å². The maximum absolute atomic E-state index is 12.4. The Morgan fingerprint density at radius 2 is 2.45 bits per heavy atom. The van der Waals surface area contributed by atoms with Crippen molar-refractivity contribution in [1.29, 1.82) is 5.26 Å². The van der Waals surface area contributed by atoms with Crippen LogP contribution in [0.4, 0.5) is 0 Å². The van der Waals surface area contributed by atoms with Crippen LogP contribution in [0.1, 0.15) is 28.2 Å². The number of carbonyl (C=O) groups is 1. The molecule has 2 atom stereocenters. The zero-order valence-electron chi connectivity index (χ0n) is 12.4. The number of hydrogen-bond donors (Lipinski definition) is 3. The molecule has 1 amide bonds. The van der Waals surface area contributed by atoms with Gasteiger partial charge in [-0.2, -0.15) is 5.26 Å². The molecule has 3 N–H and O–H groups in total. The molecule has 0 aliphatic carbocycles. The van der Waals surface area contributed by atoms with Crippen LogP contribution in [0.3, 0.4) is 0 Å². The van der Waals surface area contributed by atoms with Gasteiger partial charge in [-0.1, -0.05) is 17.7 Å². The lowest BCUT2D eigenvalue weighted by molar-refractivity contribution is 0.0289. The molecule has 7 heteroatoms. The number of rotatable bonds is 5. The van der Waals surface area contributed by atoms with Crippen LogP contribution in [0.2, 0.25) is 5.02 Å². The Morgan fingerprint density at radius 3 is 3.14 bits per heavy atom. The molecular formula is C15H19ClN4O2. The topological polar surface area (TPSA) is 89.9 Å². The molecule has 0 bridgehead atoms. The van der Waals surface area contributed by atoms with Crippen LogP contribution < -0.4 is 10.6 Å². The van der Waals surface area contributed by atoms with Gasteiger partial charge in [0, 0.05) is 12.2 Å². The first-order chi connectivity index (χ1) is 10.6. The molecular weight excluding hydrogens is 304 g/mol. The Kier molecular flexibility index (Phi) is 5.61. The monoisotopic (exact) mass is 322 g/mol. The van der Waals surface area contributed by atoms with Crippen LogP contribution in [0.25, 0.3) is 0 Å². The fourth-order valence-corrected chi connectivity index (χ4v) is 2.66. The van der Waals surface area contributed by atoms with Gasteiger partial charge in [0.05, 0.1) is 23.8 Å². The molecule has 1 aliphatic rings. The first kappa shape index (κ1) is 16.6. The average Bonchev–Trinajstić information content (AvgIpc) is 2.81. The van der Waals surface area contributed by atoms with Crippen molar-refractivity contribution in [2.45, 2.75) is 25.5 Å². The number of piperidine rings is 1. The largest absolute Gasteiger partial charge is 0.371 e. The standard InChI is InChI=1S/C15H19ClN4O2/c1-3-6-22-12-8-18-5-4-11(12)20-15(21)14-10(7-17)13(16)9(2)19-14/h3,11-12,18-19H,1,4-6,8H2,2H3,(H,20,21)/t11-,12-/m1/s1. The summed E-state index contributed by atoms with van der Waals surface area (Å²) in [6.45, 7) is 7.24. The Bertz CT molecular complexity index is 605. The Hall–Kier alpha value is -1.81. The van der Waals surface area contributed by atoms with Gasteiger partial charge >= 0.3 is 0 Å². The number of amides is 1. The van der Waals surface area contributed by atoms with Crippen molar-refractivity contribution in [3.63, 3.8) is 0 Å². The van der Waals surface area contributed by atoms with E-state index in [0.29, 0.717) is 18.8 Å². The van der Waals surface area contributed by atoms with Gasteiger partial charge in [0.25, 0.3) is 5.91 Å². The minimum Gasteiger partial charge on any atom is -0.371 e. The number of aromatic nitrogens is 1. The van der Waals surface area contributed by atoms with Crippen molar-refractivity contribution in [2.75, 3.05) is 19.7 Å². The van der Waals surface area contributed by atoms with E-state index >= 15 is 0 Å². The van der Waals surface area contributed by atoms with Gasteiger partial charge in [0.15, 0.2) is 0 Å². The summed E-state index contributed by atoms with van der Waals surface area (Å²) >= 11 is 6.02. The Labute approximate surface area is 134 Å². The zero-order chi connectivity index (χ0) is 16.1. The Balaban J connectivity index is 2.11. The molecule has 1 aliphatic heterocycles. The molecule has 1 aromatic rings. The molecule has 0 unspecified atom stereocenters. The van der Waals surface area contributed by atoms with E-state index in [2.05, 4.69) is 22.2 Å². The predicted molar refractivity (Wildman–Crippen MR) is 83.9 cm³/mol. The highest BCUT2D eigenvalue weighted by Crippen LogP contribution is 2.23. The van der Waals surface area contributed by atoms with Crippen molar-refractivity contribution in [1.82, 2.24) is 15.6 Å². The number of halogens is 1. The number of hydrogen-bond acceptors (Lipinski definition) is 4. The summed E-state index contributed by atoms with van der Waals surface area (Å²) < 4.78 is 5.67. The van der Waals surface area contributed by atoms with Crippen molar-refractivity contribution in [3.8, 4) is 6.07 Å². The SMILES string of the molecule is C=CCO[C@@H]1CNCC[C@H]1NC(=O)c1[nH]c(C)c(Cl)c1C#N. The summed E-state index contributed by atoms with van der Waals surface area (Å²) in [7, 11) is 0. The highest BCUT2D eigenvalue weighted by Gasteiger charge is 2.29. The van der Waals surface area contributed by atoms with E-state index in [0.717, 1.165) is 13.0 Å². The van der Waals surface area contributed by atoms with E-state index in [1.165, 1.54) is 0 Å². The summed E-state index contributed by atoms with van der Waals surface area (Å²) in [6.07, 6.45) is 2.30. The lowest BCUT2D eigenvalue weighted by Gasteiger charge is -2.32. The predicted octanol–water partition coefficient (Wildman–Crippen LogP) is 1.51. The first-order valence-corrected chi connectivity index (χ1v) is 7.48. The zero-order valence-corrected chi connectivity index (χ0v) is 13.2. The number of nitrogens with zero attached hydrogens (tertiary/aromatic N) is 1. The molecule has 0 aromatic carbocycles. The third kappa shape index (κ3) is 3.50. The molecule has 0 radical (unpaired) electrons. The maximum atomic E-state index is 12.4. The van der Waals surface area contributed by atoms with E-state index < -0.39 is 0 Å². The number of ether oxygens (including phenoxy) is 1. The smallest absolute Gasteiger partial charge is 0.269 e. The third-order valence-corrected chi connectivity index (χ3v) is 4.09. The van der Waals surface area contributed by atoms with Gasteiger partial charge in [0.2, 0.25) is 0 Å². The molecule has 1 fully saturated rings. The van der Waals surface area contributed by atoms with E-state index in [9.17, 15) is 4.79 Å². The highest BCUT2D eigenvalue weighted by molar-refractivity contribution is 6.33. The number of carbonyl (C=O) groups excluding carboxylic acids is 1. The lowest BCUT2D eigenvalue weighted by atomic mass is 10.0.